The molecular formula is C16H10F3NO. The Morgan fingerprint density at radius 3 is 2.43 bits per heavy atom. The van der Waals surface area contributed by atoms with Gasteiger partial charge in [-0.2, -0.15) is 13.2 Å². The minimum absolute atomic E-state index is 0.600. The number of alkyl halides is 3. The Balaban J connectivity index is 1.88. The molecule has 1 aromatic heterocycles. The molecule has 1 heterocycles. The molecule has 106 valence electrons. The van der Waals surface area contributed by atoms with Gasteiger partial charge in [-0.15, -0.1) is 0 Å². The topological polar surface area (TPSA) is 25.5 Å². The zero-order chi connectivity index (χ0) is 14.9. The summed E-state index contributed by atoms with van der Waals surface area (Å²) >= 11 is 0. The molecular weight excluding hydrogens is 279 g/mol. The summed E-state index contributed by atoms with van der Waals surface area (Å²) in [6, 6.07) is 10.4. The van der Waals surface area contributed by atoms with Crippen LogP contribution < -0.4 is 0 Å². The van der Waals surface area contributed by atoms with Crippen LogP contribution in [0.2, 0.25) is 0 Å². The van der Waals surface area contributed by atoms with E-state index >= 15 is 0 Å². The van der Waals surface area contributed by atoms with Gasteiger partial charge in [-0.1, -0.05) is 24.3 Å². The van der Waals surface area contributed by atoms with E-state index in [1.165, 1.54) is 18.3 Å². The first-order chi connectivity index (χ1) is 10.0. The fourth-order valence-corrected chi connectivity index (χ4v) is 1.99. The predicted molar refractivity (Wildman–Crippen MR) is 74.9 cm³/mol. The average Bonchev–Trinajstić information content (AvgIpc) is 2.93. The van der Waals surface area contributed by atoms with Crippen LogP contribution in [0.3, 0.4) is 0 Å². The van der Waals surface area contributed by atoms with Gasteiger partial charge in [0.15, 0.2) is 0 Å². The molecule has 0 radical (unpaired) electrons. The maximum Gasteiger partial charge on any atom is 0.416 e. The van der Waals surface area contributed by atoms with Gasteiger partial charge in [0.05, 0.1) is 17.5 Å². The number of rotatable bonds is 2. The second kappa shape index (κ2) is 5.09. The van der Waals surface area contributed by atoms with Gasteiger partial charge in [0.25, 0.3) is 0 Å². The minimum Gasteiger partial charge on any atom is -0.471 e. The van der Waals surface area contributed by atoms with Crippen molar-refractivity contribution in [3.8, 4) is 0 Å². The number of benzene rings is 2. The molecule has 0 fully saturated rings. The highest BCUT2D eigenvalue weighted by molar-refractivity contribution is 5.94. The van der Waals surface area contributed by atoms with Gasteiger partial charge in [-0.25, -0.2) is 0 Å². The van der Waals surface area contributed by atoms with Crippen molar-refractivity contribution in [3.63, 3.8) is 0 Å². The lowest BCUT2D eigenvalue weighted by atomic mass is 10.1. The van der Waals surface area contributed by atoms with Gasteiger partial charge >= 0.3 is 6.18 Å². The molecule has 0 amide bonds. The van der Waals surface area contributed by atoms with Crippen LogP contribution in [0, 0.1) is 0 Å². The van der Waals surface area contributed by atoms with Crippen LogP contribution in [-0.2, 0) is 6.18 Å². The Bertz CT molecular complexity index is 785. The van der Waals surface area contributed by atoms with Crippen molar-refractivity contribution in [2.45, 2.75) is 6.18 Å². The maximum absolute atomic E-state index is 12.5. The Morgan fingerprint density at radius 1 is 0.952 bits per heavy atom. The monoisotopic (exact) mass is 289 g/mol. The number of nitrogens with zero attached hydrogens (tertiary/aromatic N) is 1. The van der Waals surface area contributed by atoms with Gasteiger partial charge in [-0.05, 0) is 23.8 Å². The molecule has 2 nitrogen and oxygen atoms in total. The van der Waals surface area contributed by atoms with E-state index in [0.29, 0.717) is 11.3 Å². The van der Waals surface area contributed by atoms with Crippen LogP contribution in [-0.4, -0.2) is 6.21 Å². The Hall–Kier alpha value is -2.56. The predicted octanol–water partition coefficient (Wildman–Crippen LogP) is 5.20. The largest absolute Gasteiger partial charge is 0.471 e. The van der Waals surface area contributed by atoms with Gasteiger partial charge in [-0.3, -0.25) is 4.99 Å². The number of fused-ring (bicyclic) bond motifs is 1. The second-order valence-corrected chi connectivity index (χ2v) is 4.53. The molecule has 0 spiro atoms. The summed E-state index contributed by atoms with van der Waals surface area (Å²) in [7, 11) is 0. The first-order valence-corrected chi connectivity index (χ1v) is 6.20. The molecule has 0 atom stereocenters. The van der Waals surface area contributed by atoms with Crippen LogP contribution in [0.15, 0.2) is 64.4 Å². The lowest BCUT2D eigenvalue weighted by Crippen LogP contribution is -2.04. The summed E-state index contributed by atoms with van der Waals surface area (Å²) in [5.74, 6) is 0. The minimum atomic E-state index is -4.32. The van der Waals surface area contributed by atoms with Crippen molar-refractivity contribution in [1.29, 1.82) is 0 Å². The summed E-state index contributed by atoms with van der Waals surface area (Å²) in [6.07, 6.45) is 0.418. The smallest absolute Gasteiger partial charge is 0.416 e. The number of furan rings is 1. The highest BCUT2D eigenvalue weighted by Crippen LogP contribution is 2.29. The van der Waals surface area contributed by atoms with Crippen molar-refractivity contribution in [2.75, 3.05) is 0 Å². The van der Waals surface area contributed by atoms with E-state index in [0.717, 1.165) is 22.9 Å². The molecule has 0 aliphatic heterocycles. The zero-order valence-electron chi connectivity index (χ0n) is 10.8. The summed E-state index contributed by atoms with van der Waals surface area (Å²) < 4.78 is 42.5. The fourth-order valence-electron chi connectivity index (χ4n) is 1.99. The normalized spacial score (nSPS) is 12.3. The molecule has 0 saturated carbocycles. The van der Waals surface area contributed by atoms with Gasteiger partial charge in [0.1, 0.15) is 6.26 Å². The Morgan fingerprint density at radius 2 is 1.71 bits per heavy atom. The Kier molecular flexibility index (Phi) is 3.25. The van der Waals surface area contributed by atoms with E-state index in [1.807, 2.05) is 18.2 Å². The maximum atomic E-state index is 12.5. The van der Waals surface area contributed by atoms with E-state index in [4.69, 9.17) is 4.42 Å². The SMILES string of the molecule is FC(F)(F)c1ccc(/C=N/c2cccc3cocc23)cc1. The standard InChI is InChI=1S/C16H10F3NO/c17-16(18,19)13-6-4-11(5-7-13)8-20-15-3-1-2-12-9-21-10-14(12)15/h1-10H/b20-8+. The molecule has 2 aromatic carbocycles. The Labute approximate surface area is 118 Å². The fraction of sp³-hybridized carbons (Fsp3) is 0.0625. The van der Waals surface area contributed by atoms with E-state index in [-0.39, 0.29) is 0 Å². The molecule has 0 aliphatic rings. The third-order valence-corrected chi connectivity index (χ3v) is 3.09. The molecule has 0 N–H and O–H groups in total. The molecule has 3 rings (SSSR count). The highest BCUT2D eigenvalue weighted by atomic mass is 19.4. The third-order valence-electron chi connectivity index (χ3n) is 3.09. The van der Waals surface area contributed by atoms with Crippen LogP contribution in [0.5, 0.6) is 0 Å². The van der Waals surface area contributed by atoms with Crippen LogP contribution in [0.4, 0.5) is 18.9 Å². The van der Waals surface area contributed by atoms with Gasteiger partial charge in [0.2, 0.25) is 0 Å². The number of hydrogen-bond acceptors (Lipinski definition) is 2. The van der Waals surface area contributed by atoms with Crippen molar-refractivity contribution in [1.82, 2.24) is 0 Å². The molecule has 21 heavy (non-hydrogen) atoms. The molecule has 0 bridgehead atoms. The van der Waals surface area contributed by atoms with Crippen molar-refractivity contribution in [2.24, 2.45) is 4.99 Å². The quantitative estimate of drug-likeness (QED) is 0.595. The molecule has 0 aliphatic carbocycles. The van der Waals surface area contributed by atoms with Crippen molar-refractivity contribution < 1.29 is 17.6 Å². The zero-order valence-corrected chi connectivity index (χ0v) is 10.8. The van der Waals surface area contributed by atoms with Crippen molar-refractivity contribution in [3.05, 3.63) is 66.1 Å². The van der Waals surface area contributed by atoms with Crippen LogP contribution in [0.25, 0.3) is 10.8 Å². The van der Waals surface area contributed by atoms with Crippen LogP contribution in [0.1, 0.15) is 11.1 Å². The number of halogens is 3. The summed E-state index contributed by atoms with van der Waals surface area (Å²) in [6.45, 7) is 0. The van der Waals surface area contributed by atoms with E-state index in [1.54, 1.807) is 12.5 Å². The lowest BCUT2D eigenvalue weighted by Gasteiger charge is -2.05. The number of hydrogen-bond donors (Lipinski definition) is 0. The summed E-state index contributed by atoms with van der Waals surface area (Å²) in [5.41, 5.74) is 0.640. The van der Waals surface area contributed by atoms with Crippen molar-refractivity contribution >= 4 is 22.7 Å². The van der Waals surface area contributed by atoms with Crippen LogP contribution >= 0.6 is 0 Å². The molecule has 5 heteroatoms. The van der Waals surface area contributed by atoms with E-state index < -0.39 is 11.7 Å². The summed E-state index contributed by atoms with van der Waals surface area (Å²) in [5, 5.41) is 1.79. The molecule has 0 saturated heterocycles. The third kappa shape index (κ3) is 2.81. The van der Waals surface area contributed by atoms with Gasteiger partial charge in [0, 0.05) is 17.0 Å². The second-order valence-electron chi connectivity index (χ2n) is 4.53. The summed E-state index contributed by atoms with van der Waals surface area (Å²) in [4.78, 5) is 4.30. The van der Waals surface area contributed by atoms with Gasteiger partial charge < -0.3 is 4.42 Å². The number of aliphatic imine (C=N–C) groups is 1. The average molecular weight is 289 g/mol. The van der Waals surface area contributed by atoms with E-state index in [2.05, 4.69) is 4.99 Å². The first-order valence-electron chi connectivity index (χ1n) is 6.20. The molecule has 0 unspecified atom stereocenters. The highest BCUT2D eigenvalue weighted by Gasteiger charge is 2.29. The lowest BCUT2D eigenvalue weighted by molar-refractivity contribution is -0.137. The first kappa shape index (κ1) is 13.4. The van der Waals surface area contributed by atoms with E-state index in [9.17, 15) is 13.2 Å². The molecule has 3 aromatic rings.